The molecule has 2 aliphatic rings. The number of halogens is 1. The Morgan fingerprint density at radius 1 is 0.958 bits per heavy atom. The van der Waals surface area contributed by atoms with Crippen LogP contribution in [-0.4, -0.2) is 36.0 Å². The molecule has 0 amide bonds. The van der Waals surface area contributed by atoms with Gasteiger partial charge in [-0.1, -0.05) is 0 Å². The summed E-state index contributed by atoms with van der Waals surface area (Å²) in [5.74, 6) is 0.459. The van der Waals surface area contributed by atoms with E-state index < -0.39 is 15.8 Å². The second-order valence-electron chi connectivity index (χ2n) is 6.39. The number of hydrogen-bond donors (Lipinski definition) is 0. The zero-order valence-electron chi connectivity index (χ0n) is 13.1. The van der Waals surface area contributed by atoms with Crippen molar-refractivity contribution < 1.29 is 12.8 Å². The zero-order chi connectivity index (χ0) is 16.7. The number of sulfonamides is 1. The van der Waals surface area contributed by atoms with Crippen LogP contribution in [0.4, 0.5) is 4.39 Å². The fourth-order valence-electron chi connectivity index (χ4n) is 3.01. The zero-order valence-corrected chi connectivity index (χ0v) is 14.7. The third-order valence-electron chi connectivity index (χ3n) is 4.64. The molecule has 0 atom stereocenters. The molecule has 5 nitrogen and oxygen atoms in total. The van der Waals surface area contributed by atoms with Crippen LogP contribution >= 0.6 is 11.3 Å². The molecular weight excluding hydrogens is 349 g/mol. The monoisotopic (exact) mass is 367 g/mol. The highest BCUT2D eigenvalue weighted by Crippen LogP contribution is 2.43. The summed E-state index contributed by atoms with van der Waals surface area (Å²) in [5, 5.41) is 10.8. The summed E-state index contributed by atoms with van der Waals surface area (Å²) >= 11 is 1.68. The number of aromatic nitrogens is 2. The van der Waals surface area contributed by atoms with Crippen LogP contribution in [0.3, 0.4) is 0 Å². The second-order valence-corrected chi connectivity index (χ2v) is 9.36. The van der Waals surface area contributed by atoms with Gasteiger partial charge in [0.1, 0.15) is 15.8 Å². The predicted molar refractivity (Wildman–Crippen MR) is 89.0 cm³/mol. The van der Waals surface area contributed by atoms with Crippen molar-refractivity contribution in [2.75, 3.05) is 13.1 Å². The van der Waals surface area contributed by atoms with Gasteiger partial charge in [-0.25, -0.2) is 12.8 Å². The molecule has 128 valence electrons. The number of hydrogen-bond acceptors (Lipinski definition) is 5. The summed E-state index contributed by atoms with van der Waals surface area (Å²) in [6.07, 6.45) is 3.92. The molecule has 1 aromatic heterocycles. The Hall–Kier alpha value is -1.38. The van der Waals surface area contributed by atoms with E-state index >= 15 is 0 Å². The van der Waals surface area contributed by atoms with Crippen molar-refractivity contribution in [1.82, 2.24) is 14.5 Å². The Balaban J connectivity index is 1.44. The highest BCUT2D eigenvalue weighted by molar-refractivity contribution is 7.89. The van der Waals surface area contributed by atoms with Crippen molar-refractivity contribution in [2.24, 2.45) is 0 Å². The van der Waals surface area contributed by atoms with E-state index in [4.69, 9.17) is 0 Å². The number of benzene rings is 1. The average molecular weight is 367 g/mol. The second kappa shape index (κ2) is 6.16. The Labute approximate surface area is 144 Å². The van der Waals surface area contributed by atoms with Gasteiger partial charge in [-0.15, -0.1) is 21.5 Å². The van der Waals surface area contributed by atoms with Crippen molar-refractivity contribution in [3.05, 3.63) is 40.1 Å². The molecule has 0 bridgehead atoms. The lowest BCUT2D eigenvalue weighted by atomic mass is 9.99. The van der Waals surface area contributed by atoms with Crippen LogP contribution < -0.4 is 0 Å². The topological polar surface area (TPSA) is 63.2 Å². The molecule has 2 heterocycles. The van der Waals surface area contributed by atoms with Gasteiger partial charge in [0.2, 0.25) is 10.0 Å². The lowest BCUT2D eigenvalue weighted by molar-refractivity contribution is 0.318. The molecule has 8 heteroatoms. The van der Waals surface area contributed by atoms with E-state index in [0.717, 1.165) is 22.9 Å². The van der Waals surface area contributed by atoms with Gasteiger partial charge in [-0.05, 0) is 49.9 Å². The normalized spacial score (nSPS) is 20.4. The molecule has 1 saturated heterocycles. The highest BCUT2D eigenvalue weighted by atomic mass is 32.2. The smallest absolute Gasteiger partial charge is 0.207 e. The summed E-state index contributed by atoms with van der Waals surface area (Å²) in [6.45, 7) is 0.922. The van der Waals surface area contributed by atoms with E-state index in [9.17, 15) is 12.8 Å². The van der Waals surface area contributed by atoms with Gasteiger partial charge in [-0.3, -0.25) is 0 Å². The maximum Gasteiger partial charge on any atom is 0.243 e. The predicted octanol–water partition coefficient (Wildman–Crippen LogP) is 3.12. The first-order valence-corrected chi connectivity index (χ1v) is 10.4. The Morgan fingerprint density at radius 3 is 2.04 bits per heavy atom. The van der Waals surface area contributed by atoms with Crippen LogP contribution in [0.15, 0.2) is 29.2 Å². The number of rotatable bonds is 4. The fourth-order valence-corrected chi connectivity index (χ4v) is 5.66. The van der Waals surface area contributed by atoms with Gasteiger partial charge >= 0.3 is 0 Å². The van der Waals surface area contributed by atoms with Gasteiger partial charge < -0.3 is 0 Å². The first-order chi connectivity index (χ1) is 11.5. The van der Waals surface area contributed by atoms with Crippen LogP contribution in [0.25, 0.3) is 0 Å². The van der Waals surface area contributed by atoms with Gasteiger partial charge in [0.25, 0.3) is 0 Å². The van der Waals surface area contributed by atoms with Crippen molar-refractivity contribution in [1.29, 1.82) is 0 Å². The maximum absolute atomic E-state index is 13.0. The molecule has 1 aliphatic carbocycles. The van der Waals surface area contributed by atoms with Crippen LogP contribution in [0.2, 0.25) is 0 Å². The van der Waals surface area contributed by atoms with Gasteiger partial charge in [-0.2, -0.15) is 4.31 Å². The van der Waals surface area contributed by atoms with Crippen LogP contribution in [0, 0.1) is 5.82 Å². The SMILES string of the molecule is O=S(=O)(c1ccc(F)cc1)N1CCC(c2nnc(C3CC3)s2)CC1. The molecule has 4 rings (SSSR count). The van der Waals surface area contributed by atoms with Gasteiger partial charge in [0, 0.05) is 24.9 Å². The molecule has 0 radical (unpaired) electrons. The molecule has 0 unspecified atom stereocenters. The summed E-state index contributed by atoms with van der Waals surface area (Å²) < 4.78 is 39.7. The van der Waals surface area contributed by atoms with E-state index in [1.807, 2.05) is 0 Å². The van der Waals surface area contributed by atoms with Crippen molar-refractivity contribution in [3.63, 3.8) is 0 Å². The van der Waals surface area contributed by atoms with E-state index in [-0.39, 0.29) is 10.8 Å². The van der Waals surface area contributed by atoms with E-state index in [0.29, 0.717) is 19.0 Å². The lowest BCUT2D eigenvalue weighted by Gasteiger charge is -2.30. The van der Waals surface area contributed by atoms with E-state index in [1.54, 1.807) is 11.3 Å². The molecule has 0 N–H and O–H groups in total. The van der Waals surface area contributed by atoms with E-state index in [2.05, 4.69) is 10.2 Å². The Bertz CT molecular complexity index is 823. The average Bonchev–Trinajstić information content (AvgIpc) is 3.32. The Kier molecular flexibility index (Phi) is 4.14. The minimum Gasteiger partial charge on any atom is -0.207 e. The third-order valence-corrected chi connectivity index (χ3v) is 7.80. The van der Waals surface area contributed by atoms with E-state index in [1.165, 1.54) is 41.4 Å². The summed E-state index contributed by atoms with van der Waals surface area (Å²) in [5.41, 5.74) is 0. The fraction of sp³-hybridized carbons (Fsp3) is 0.500. The van der Waals surface area contributed by atoms with Crippen LogP contribution in [0.5, 0.6) is 0 Å². The summed E-state index contributed by atoms with van der Waals surface area (Å²) in [4.78, 5) is 0.147. The lowest BCUT2D eigenvalue weighted by Crippen LogP contribution is -2.37. The first-order valence-electron chi connectivity index (χ1n) is 8.13. The van der Waals surface area contributed by atoms with Crippen molar-refractivity contribution >= 4 is 21.4 Å². The largest absolute Gasteiger partial charge is 0.243 e. The highest BCUT2D eigenvalue weighted by Gasteiger charge is 2.33. The first kappa shape index (κ1) is 16.1. The molecule has 1 saturated carbocycles. The summed E-state index contributed by atoms with van der Waals surface area (Å²) in [7, 11) is -3.55. The standard InChI is InChI=1S/C16H18FN3O2S2/c17-13-3-5-14(6-4-13)24(21,22)20-9-7-12(8-10-20)16-19-18-15(23-16)11-1-2-11/h3-6,11-12H,1-2,7-10H2. The molecule has 2 fully saturated rings. The molecule has 2 aromatic rings. The molecule has 0 spiro atoms. The molecule has 1 aromatic carbocycles. The van der Waals surface area contributed by atoms with Crippen molar-refractivity contribution in [2.45, 2.75) is 42.4 Å². The number of piperidine rings is 1. The Morgan fingerprint density at radius 2 is 1.50 bits per heavy atom. The maximum atomic E-state index is 13.0. The van der Waals surface area contributed by atoms with Crippen LogP contribution in [0.1, 0.15) is 47.5 Å². The van der Waals surface area contributed by atoms with Crippen LogP contribution in [-0.2, 0) is 10.0 Å². The van der Waals surface area contributed by atoms with Gasteiger partial charge in [0.05, 0.1) is 4.90 Å². The number of nitrogens with zero attached hydrogens (tertiary/aromatic N) is 3. The summed E-state index contributed by atoms with van der Waals surface area (Å²) in [6, 6.07) is 5.01. The minimum atomic E-state index is -3.55. The molecule has 1 aliphatic heterocycles. The minimum absolute atomic E-state index is 0.147. The quantitative estimate of drug-likeness (QED) is 0.833. The third kappa shape index (κ3) is 3.10. The molecule has 24 heavy (non-hydrogen) atoms. The van der Waals surface area contributed by atoms with Crippen molar-refractivity contribution in [3.8, 4) is 0 Å². The van der Waals surface area contributed by atoms with Gasteiger partial charge in [0.15, 0.2) is 0 Å². The molecular formula is C16H18FN3O2S2.